The van der Waals surface area contributed by atoms with Crippen LogP contribution in [-0.4, -0.2) is 12.1 Å². The van der Waals surface area contributed by atoms with Gasteiger partial charge in [-0.3, -0.25) is 4.79 Å². The summed E-state index contributed by atoms with van der Waals surface area (Å²) in [6, 6.07) is 16.3. The van der Waals surface area contributed by atoms with Crippen LogP contribution in [0.25, 0.3) is 22.3 Å². The number of furan rings is 2. The summed E-state index contributed by atoms with van der Waals surface area (Å²) >= 11 is 12.9. The van der Waals surface area contributed by atoms with Gasteiger partial charge in [0.2, 0.25) is 0 Å². The lowest BCUT2D eigenvalue weighted by molar-refractivity contribution is 0.0929. The van der Waals surface area contributed by atoms with E-state index in [0.29, 0.717) is 22.1 Å². The molecule has 0 aliphatic heterocycles. The maximum atomic E-state index is 12.2. The Balaban J connectivity index is 1.45. The number of halogens is 3. The van der Waals surface area contributed by atoms with Gasteiger partial charge in [0.25, 0.3) is 0 Å². The van der Waals surface area contributed by atoms with E-state index in [9.17, 15) is 4.79 Å². The molecule has 2 aromatic heterocycles. The number of hydrogen-bond acceptors (Lipinski definition) is 4. The first-order valence-electron chi connectivity index (χ1n) is 8.07. The summed E-state index contributed by atoms with van der Waals surface area (Å²) in [5, 5.41) is 5.34. The average molecular weight is 523 g/mol. The third-order valence-corrected chi connectivity index (χ3v) is 5.62. The van der Waals surface area contributed by atoms with Gasteiger partial charge in [-0.2, -0.15) is 5.10 Å². The van der Waals surface area contributed by atoms with E-state index in [1.165, 1.54) is 6.21 Å². The van der Waals surface area contributed by atoms with Gasteiger partial charge < -0.3 is 8.83 Å². The van der Waals surface area contributed by atoms with Crippen LogP contribution in [0.1, 0.15) is 16.3 Å². The summed E-state index contributed by atoms with van der Waals surface area (Å²) in [5.41, 5.74) is 3.89. The summed E-state index contributed by atoms with van der Waals surface area (Å²) < 4.78 is 13.0. The first-order valence-corrected chi connectivity index (χ1v) is 10.0. The number of nitrogens with zero attached hydrogens (tertiary/aromatic N) is 1. The van der Waals surface area contributed by atoms with Crippen molar-refractivity contribution in [2.24, 2.45) is 5.10 Å². The second-order valence-corrected chi connectivity index (χ2v) is 8.00. The highest BCUT2D eigenvalue weighted by molar-refractivity contribution is 9.10. The number of amides is 1. The Morgan fingerprint density at radius 3 is 2.71 bits per heavy atom. The summed E-state index contributed by atoms with van der Waals surface area (Å²) in [7, 11) is 0. The second kappa shape index (κ2) is 7.95. The van der Waals surface area contributed by atoms with E-state index in [-0.39, 0.29) is 5.76 Å². The van der Waals surface area contributed by atoms with Crippen molar-refractivity contribution in [2.75, 3.05) is 0 Å². The molecule has 140 valence electrons. The molecule has 2 aromatic carbocycles. The molecular weight excluding hydrogens is 511 g/mol. The van der Waals surface area contributed by atoms with E-state index in [0.717, 1.165) is 19.9 Å². The summed E-state index contributed by atoms with van der Waals surface area (Å²) in [5.74, 6) is 0.859. The van der Waals surface area contributed by atoms with Gasteiger partial charge in [0.05, 0.1) is 11.2 Å². The topological polar surface area (TPSA) is 67.7 Å². The van der Waals surface area contributed by atoms with Crippen molar-refractivity contribution in [2.45, 2.75) is 0 Å². The van der Waals surface area contributed by atoms with E-state index in [1.54, 1.807) is 30.3 Å². The van der Waals surface area contributed by atoms with Crippen LogP contribution in [0.2, 0.25) is 5.02 Å². The molecule has 4 rings (SSSR count). The minimum atomic E-state index is -0.449. The fourth-order valence-corrected chi connectivity index (χ4v) is 3.37. The highest BCUT2D eigenvalue weighted by Gasteiger charge is 2.12. The minimum Gasteiger partial charge on any atom is -0.455 e. The second-order valence-electron chi connectivity index (χ2n) is 5.82. The van der Waals surface area contributed by atoms with Crippen molar-refractivity contribution in [3.63, 3.8) is 0 Å². The summed E-state index contributed by atoms with van der Waals surface area (Å²) in [4.78, 5) is 12.2. The molecule has 0 atom stereocenters. The lowest BCUT2D eigenvalue weighted by Gasteiger charge is -1.99. The van der Waals surface area contributed by atoms with Crippen LogP contribution in [0.4, 0.5) is 0 Å². The van der Waals surface area contributed by atoms with Crippen LogP contribution in [0, 0.1) is 0 Å². The van der Waals surface area contributed by atoms with Gasteiger partial charge in [-0.25, -0.2) is 5.43 Å². The molecule has 0 unspecified atom stereocenters. The molecule has 28 heavy (non-hydrogen) atoms. The number of carbonyl (C=O) groups excluding carboxylic acids is 1. The maximum absolute atomic E-state index is 12.2. The lowest BCUT2D eigenvalue weighted by Crippen LogP contribution is -2.16. The zero-order valence-corrected chi connectivity index (χ0v) is 18.0. The molecule has 8 heteroatoms. The van der Waals surface area contributed by atoms with Crippen LogP contribution < -0.4 is 5.43 Å². The van der Waals surface area contributed by atoms with Crippen molar-refractivity contribution in [3.05, 3.63) is 80.1 Å². The molecule has 0 spiro atoms. The summed E-state index contributed by atoms with van der Waals surface area (Å²) in [6.45, 7) is 0. The molecule has 0 saturated carbocycles. The Bertz CT molecular complexity index is 1210. The Hall–Kier alpha value is -2.35. The fourth-order valence-electron chi connectivity index (χ4n) is 2.56. The molecule has 2 heterocycles. The highest BCUT2D eigenvalue weighted by Crippen LogP contribution is 2.29. The smallest absolute Gasteiger partial charge is 0.307 e. The van der Waals surface area contributed by atoms with Crippen molar-refractivity contribution in [1.82, 2.24) is 5.43 Å². The molecule has 0 radical (unpaired) electrons. The van der Waals surface area contributed by atoms with Gasteiger partial charge in [-0.15, -0.1) is 0 Å². The Labute approximate surface area is 181 Å². The van der Waals surface area contributed by atoms with Crippen molar-refractivity contribution in [3.8, 4) is 11.3 Å². The van der Waals surface area contributed by atoms with E-state index in [1.807, 2.05) is 24.3 Å². The normalized spacial score (nSPS) is 11.4. The number of benzene rings is 2. The zero-order valence-electron chi connectivity index (χ0n) is 14.1. The van der Waals surface area contributed by atoms with E-state index < -0.39 is 5.91 Å². The van der Waals surface area contributed by atoms with E-state index >= 15 is 0 Å². The SMILES string of the molecule is O=C(N/N=C/c1ccc(-c2ccc(Br)c(Cl)c2)o1)c1cc2cc(Br)ccc2o1. The third kappa shape index (κ3) is 4.06. The fraction of sp³-hybridized carbons (Fsp3) is 0. The van der Waals surface area contributed by atoms with Crippen LogP contribution in [0.15, 0.2) is 77.5 Å². The minimum absolute atomic E-state index is 0.176. The molecule has 5 nitrogen and oxygen atoms in total. The molecule has 0 fully saturated rings. The van der Waals surface area contributed by atoms with Gasteiger partial charge in [0, 0.05) is 19.9 Å². The quantitative estimate of drug-likeness (QED) is 0.242. The van der Waals surface area contributed by atoms with Gasteiger partial charge in [0.1, 0.15) is 17.1 Å². The number of rotatable bonds is 4. The van der Waals surface area contributed by atoms with Crippen molar-refractivity contribution >= 4 is 66.6 Å². The Morgan fingerprint density at radius 1 is 1.04 bits per heavy atom. The molecule has 1 amide bonds. The van der Waals surface area contributed by atoms with Gasteiger partial charge in [0.15, 0.2) is 5.76 Å². The van der Waals surface area contributed by atoms with E-state index in [2.05, 4.69) is 42.4 Å². The largest absolute Gasteiger partial charge is 0.455 e. The number of carbonyl (C=O) groups is 1. The van der Waals surface area contributed by atoms with Crippen molar-refractivity contribution in [1.29, 1.82) is 0 Å². The standard InChI is InChI=1S/C20H11Br2ClN2O3/c21-13-2-5-18-12(7-13)9-19(28-18)20(26)25-24-10-14-3-6-17(27-14)11-1-4-15(22)16(23)8-11/h1-10H,(H,25,26)/b24-10+. The highest BCUT2D eigenvalue weighted by atomic mass is 79.9. The number of hydrogen-bond donors (Lipinski definition) is 1. The van der Waals surface area contributed by atoms with E-state index in [4.69, 9.17) is 20.4 Å². The van der Waals surface area contributed by atoms with Crippen LogP contribution in [0.3, 0.4) is 0 Å². The van der Waals surface area contributed by atoms with Gasteiger partial charge >= 0.3 is 5.91 Å². The number of fused-ring (bicyclic) bond motifs is 1. The Morgan fingerprint density at radius 2 is 1.89 bits per heavy atom. The van der Waals surface area contributed by atoms with Gasteiger partial charge in [-0.05, 0) is 64.5 Å². The maximum Gasteiger partial charge on any atom is 0.307 e. The molecule has 0 aliphatic rings. The third-order valence-electron chi connectivity index (χ3n) is 3.89. The molecule has 0 bridgehead atoms. The zero-order chi connectivity index (χ0) is 19.7. The first-order chi connectivity index (χ1) is 13.5. The molecule has 0 aliphatic carbocycles. The molecule has 4 aromatic rings. The molecule has 1 N–H and O–H groups in total. The monoisotopic (exact) mass is 520 g/mol. The predicted octanol–water partition coefficient (Wildman–Crippen LogP) is 6.64. The predicted molar refractivity (Wildman–Crippen MR) is 116 cm³/mol. The number of nitrogens with one attached hydrogen (secondary N) is 1. The summed E-state index contributed by atoms with van der Waals surface area (Å²) in [6.07, 6.45) is 1.42. The van der Waals surface area contributed by atoms with Crippen LogP contribution >= 0.6 is 43.5 Å². The van der Waals surface area contributed by atoms with Crippen molar-refractivity contribution < 1.29 is 13.6 Å². The molecule has 0 saturated heterocycles. The van der Waals surface area contributed by atoms with Crippen LogP contribution in [-0.2, 0) is 0 Å². The molecular formula is C20H11Br2ClN2O3. The first kappa shape index (κ1) is 19.0. The Kier molecular flexibility index (Phi) is 5.39. The van der Waals surface area contributed by atoms with Crippen LogP contribution in [0.5, 0.6) is 0 Å². The lowest BCUT2D eigenvalue weighted by atomic mass is 10.2. The van der Waals surface area contributed by atoms with Gasteiger partial charge in [-0.1, -0.05) is 33.6 Å². The number of hydrazone groups is 1. The average Bonchev–Trinajstić information content (AvgIpc) is 3.30.